The van der Waals surface area contributed by atoms with Crippen LogP contribution in [0.15, 0.2) is 48.5 Å². The molecule has 0 saturated carbocycles. The summed E-state index contributed by atoms with van der Waals surface area (Å²) in [6.07, 6.45) is -0.713. The second-order valence-corrected chi connectivity index (χ2v) is 6.15. The fourth-order valence-electron chi connectivity index (χ4n) is 2.89. The minimum atomic E-state index is -1.08. The van der Waals surface area contributed by atoms with Crippen molar-refractivity contribution in [3.63, 3.8) is 0 Å². The topological polar surface area (TPSA) is 72.6 Å². The summed E-state index contributed by atoms with van der Waals surface area (Å²) in [6.45, 7) is 0.296. The first-order valence-corrected chi connectivity index (χ1v) is 8.10. The van der Waals surface area contributed by atoms with Crippen molar-refractivity contribution in [2.75, 3.05) is 13.2 Å². The number of imide groups is 1. The van der Waals surface area contributed by atoms with Crippen molar-refractivity contribution in [1.29, 1.82) is 0 Å². The second kappa shape index (κ2) is 7.21. The maximum Gasteiger partial charge on any atom is 0.416 e. The van der Waals surface area contributed by atoms with Crippen molar-refractivity contribution in [2.45, 2.75) is 12.0 Å². The Hall–Kier alpha value is -2.44. The van der Waals surface area contributed by atoms with E-state index in [-0.39, 0.29) is 13.2 Å². The zero-order valence-corrected chi connectivity index (χ0v) is 13.9. The zero-order chi connectivity index (χ0) is 18.0. The number of carbonyl (C=O) groups is 2. The van der Waals surface area contributed by atoms with Crippen molar-refractivity contribution in [3.8, 4) is 0 Å². The van der Waals surface area contributed by atoms with Gasteiger partial charge < -0.3 is 10.5 Å². The molecular weight excluding hydrogens is 347 g/mol. The van der Waals surface area contributed by atoms with Gasteiger partial charge in [-0.1, -0.05) is 35.9 Å². The zero-order valence-electron chi connectivity index (χ0n) is 13.2. The van der Waals surface area contributed by atoms with Crippen molar-refractivity contribution in [1.82, 2.24) is 4.90 Å². The number of cyclic esters (lactones) is 1. The molecule has 2 aromatic rings. The van der Waals surface area contributed by atoms with Gasteiger partial charge >= 0.3 is 6.09 Å². The molecular formula is C18H16ClFN2O3. The first-order chi connectivity index (χ1) is 12.0. The van der Waals surface area contributed by atoms with Crippen LogP contribution >= 0.6 is 11.6 Å². The number of hydrogen-bond acceptors (Lipinski definition) is 4. The Morgan fingerprint density at radius 1 is 1.20 bits per heavy atom. The molecule has 0 spiro atoms. The molecule has 3 rings (SSSR count). The Bertz CT molecular complexity index is 797. The van der Waals surface area contributed by atoms with Crippen LogP contribution in [0.1, 0.15) is 17.0 Å². The fourth-order valence-corrected chi connectivity index (χ4v) is 3.02. The highest BCUT2D eigenvalue weighted by molar-refractivity contribution is 6.30. The molecule has 5 nitrogen and oxygen atoms in total. The highest BCUT2D eigenvalue weighted by Crippen LogP contribution is 2.30. The summed E-state index contributed by atoms with van der Waals surface area (Å²) in [7, 11) is 0. The van der Waals surface area contributed by atoms with E-state index in [1.807, 2.05) is 0 Å². The minimum Gasteiger partial charge on any atom is -0.447 e. The van der Waals surface area contributed by atoms with Crippen molar-refractivity contribution in [3.05, 3.63) is 70.5 Å². The number of benzene rings is 2. The number of carbonyl (C=O) groups excluding carboxylic acids is 2. The quantitative estimate of drug-likeness (QED) is 0.907. The van der Waals surface area contributed by atoms with E-state index < -0.39 is 29.8 Å². The minimum absolute atomic E-state index is 0.142. The predicted molar refractivity (Wildman–Crippen MR) is 90.7 cm³/mol. The summed E-state index contributed by atoms with van der Waals surface area (Å²) in [6, 6.07) is 11.6. The van der Waals surface area contributed by atoms with Gasteiger partial charge in [0.2, 0.25) is 5.91 Å². The lowest BCUT2D eigenvalue weighted by Crippen LogP contribution is -2.47. The number of amides is 2. The number of nitrogens with zero attached hydrogens (tertiary/aromatic N) is 1. The van der Waals surface area contributed by atoms with Crippen molar-refractivity contribution < 1.29 is 18.7 Å². The van der Waals surface area contributed by atoms with E-state index in [0.717, 1.165) is 4.90 Å². The highest BCUT2D eigenvalue weighted by Gasteiger charge is 2.36. The monoisotopic (exact) mass is 362 g/mol. The van der Waals surface area contributed by atoms with Gasteiger partial charge in [-0.05, 0) is 35.4 Å². The normalized spacial score (nSPS) is 16.4. The van der Waals surface area contributed by atoms with Crippen LogP contribution < -0.4 is 5.73 Å². The molecule has 2 amide bonds. The molecule has 130 valence electrons. The van der Waals surface area contributed by atoms with Crippen LogP contribution in [0.4, 0.5) is 9.18 Å². The van der Waals surface area contributed by atoms with Gasteiger partial charge in [-0.2, -0.15) is 0 Å². The van der Waals surface area contributed by atoms with E-state index in [9.17, 15) is 14.0 Å². The number of nitrogens with two attached hydrogens (primary N) is 1. The Labute approximate surface area is 149 Å². The molecule has 1 heterocycles. The third-order valence-electron chi connectivity index (χ3n) is 4.11. The molecule has 1 fully saturated rings. The average molecular weight is 363 g/mol. The van der Waals surface area contributed by atoms with Crippen molar-refractivity contribution >= 4 is 23.6 Å². The molecule has 2 unspecified atom stereocenters. The van der Waals surface area contributed by atoms with E-state index in [1.165, 1.54) is 12.1 Å². The third kappa shape index (κ3) is 3.65. The maximum absolute atomic E-state index is 13.7. The van der Waals surface area contributed by atoms with Gasteiger partial charge in [0.25, 0.3) is 0 Å². The Morgan fingerprint density at radius 3 is 2.52 bits per heavy atom. The summed E-state index contributed by atoms with van der Waals surface area (Å²) in [4.78, 5) is 25.3. The molecule has 0 aromatic heterocycles. The molecule has 1 saturated heterocycles. The van der Waals surface area contributed by atoms with Gasteiger partial charge in [0, 0.05) is 10.9 Å². The van der Waals surface area contributed by atoms with Crippen LogP contribution in [0, 0.1) is 5.82 Å². The standard InChI is InChI=1S/C18H16ClFN2O3/c19-13-6-4-11(5-7-13)15(12-2-1-3-14(20)10-12)16(21)17(23)22-8-9-25-18(22)24/h1-7,10,15-16H,8-9,21H2. The molecule has 0 radical (unpaired) electrons. The first kappa shape index (κ1) is 17.4. The largest absolute Gasteiger partial charge is 0.447 e. The van der Waals surface area contributed by atoms with Crippen LogP contribution in [0.2, 0.25) is 5.02 Å². The van der Waals surface area contributed by atoms with Gasteiger partial charge in [0.1, 0.15) is 12.4 Å². The van der Waals surface area contributed by atoms with Gasteiger partial charge in [0.05, 0.1) is 12.6 Å². The van der Waals surface area contributed by atoms with E-state index in [0.29, 0.717) is 16.1 Å². The van der Waals surface area contributed by atoms with Crippen molar-refractivity contribution in [2.24, 2.45) is 5.73 Å². The molecule has 0 aliphatic carbocycles. The molecule has 25 heavy (non-hydrogen) atoms. The summed E-state index contributed by atoms with van der Waals surface area (Å²) >= 11 is 5.92. The predicted octanol–water partition coefficient (Wildman–Crippen LogP) is 2.92. The van der Waals surface area contributed by atoms with E-state index in [2.05, 4.69) is 0 Å². The molecule has 2 N–H and O–H groups in total. The van der Waals surface area contributed by atoms with E-state index >= 15 is 0 Å². The second-order valence-electron chi connectivity index (χ2n) is 5.71. The van der Waals surface area contributed by atoms with Crippen LogP contribution in [-0.4, -0.2) is 36.1 Å². The van der Waals surface area contributed by atoms with E-state index in [1.54, 1.807) is 36.4 Å². The Kier molecular flexibility index (Phi) is 5.01. The highest BCUT2D eigenvalue weighted by atomic mass is 35.5. The molecule has 2 aromatic carbocycles. The molecule has 2 atom stereocenters. The van der Waals surface area contributed by atoms with Crippen LogP contribution in [0.5, 0.6) is 0 Å². The molecule has 0 bridgehead atoms. The summed E-state index contributed by atoms with van der Waals surface area (Å²) < 4.78 is 18.5. The van der Waals surface area contributed by atoms with Crippen LogP contribution in [-0.2, 0) is 9.53 Å². The lowest BCUT2D eigenvalue weighted by molar-refractivity contribution is -0.129. The maximum atomic E-state index is 13.7. The van der Waals surface area contributed by atoms with Crippen LogP contribution in [0.25, 0.3) is 0 Å². The smallest absolute Gasteiger partial charge is 0.416 e. The Balaban J connectivity index is 1.99. The van der Waals surface area contributed by atoms with Crippen LogP contribution in [0.3, 0.4) is 0 Å². The Morgan fingerprint density at radius 2 is 1.92 bits per heavy atom. The molecule has 1 aliphatic rings. The third-order valence-corrected chi connectivity index (χ3v) is 4.36. The van der Waals surface area contributed by atoms with Gasteiger partial charge in [-0.3, -0.25) is 4.79 Å². The number of hydrogen-bond donors (Lipinski definition) is 1. The lowest BCUT2D eigenvalue weighted by Gasteiger charge is -2.26. The fraction of sp³-hybridized carbons (Fsp3) is 0.222. The number of ether oxygens (including phenoxy) is 1. The van der Waals surface area contributed by atoms with E-state index in [4.69, 9.17) is 22.1 Å². The summed E-state index contributed by atoms with van der Waals surface area (Å²) in [5.41, 5.74) is 7.44. The van der Waals surface area contributed by atoms with Gasteiger partial charge in [-0.25, -0.2) is 14.1 Å². The number of rotatable bonds is 4. The summed E-state index contributed by atoms with van der Waals surface area (Å²) in [5.74, 6) is -1.63. The SMILES string of the molecule is NC(C(=O)N1CCOC1=O)C(c1ccc(Cl)cc1)c1cccc(F)c1. The summed E-state index contributed by atoms with van der Waals surface area (Å²) in [5, 5.41) is 0.532. The lowest BCUT2D eigenvalue weighted by atomic mass is 9.84. The molecule has 1 aliphatic heterocycles. The van der Waals surface area contributed by atoms with Gasteiger partial charge in [0.15, 0.2) is 0 Å². The van der Waals surface area contributed by atoms with Gasteiger partial charge in [-0.15, -0.1) is 0 Å². The first-order valence-electron chi connectivity index (χ1n) is 7.72. The average Bonchev–Trinajstić information content (AvgIpc) is 3.02. The number of halogens is 2. The molecule has 7 heteroatoms.